The van der Waals surface area contributed by atoms with Crippen molar-refractivity contribution < 1.29 is 23.4 Å². The number of aliphatic hydroxyl groups excluding tert-OH is 1. The smallest absolute Gasteiger partial charge is 0.310 e. The lowest BCUT2D eigenvalue weighted by Gasteiger charge is -2.33. The molecule has 1 aliphatic rings. The molecule has 0 aliphatic carbocycles. The molecule has 2 N–H and O–H groups in total. The summed E-state index contributed by atoms with van der Waals surface area (Å²) < 4.78 is 26.3. The highest BCUT2D eigenvalue weighted by Gasteiger charge is 2.38. The number of aliphatic carboxylic acids is 1. The maximum Gasteiger partial charge on any atom is 0.310 e. The van der Waals surface area contributed by atoms with Crippen LogP contribution in [0.25, 0.3) is 0 Å². The van der Waals surface area contributed by atoms with E-state index < -0.39 is 28.0 Å². The molecule has 0 unspecified atom stereocenters. The second-order valence-corrected chi connectivity index (χ2v) is 7.50. The molecule has 0 spiro atoms. The minimum atomic E-state index is -3.72. The first kappa shape index (κ1) is 16.9. The van der Waals surface area contributed by atoms with Crippen molar-refractivity contribution in [1.29, 1.82) is 0 Å². The number of rotatable bonds is 5. The van der Waals surface area contributed by atoms with Crippen molar-refractivity contribution in [2.45, 2.75) is 37.2 Å². The van der Waals surface area contributed by atoms with Crippen LogP contribution in [0.2, 0.25) is 0 Å². The lowest BCUT2D eigenvalue weighted by Crippen LogP contribution is -2.48. The van der Waals surface area contributed by atoms with Crippen molar-refractivity contribution in [3.8, 4) is 0 Å². The molecule has 0 bridgehead atoms. The third-order valence-corrected chi connectivity index (χ3v) is 5.84. The largest absolute Gasteiger partial charge is 0.481 e. The minimum Gasteiger partial charge on any atom is -0.481 e. The van der Waals surface area contributed by atoms with E-state index in [0.29, 0.717) is 0 Å². The molecule has 2 rings (SSSR count). The number of aryl methyl sites for hydroxylation is 1. The molecule has 1 aromatic rings. The highest BCUT2D eigenvalue weighted by Crippen LogP contribution is 2.24. The normalized spacial score (nSPS) is 23.4. The van der Waals surface area contributed by atoms with Gasteiger partial charge in [-0.2, -0.15) is 4.31 Å². The van der Waals surface area contributed by atoms with Crippen LogP contribution in [0.3, 0.4) is 0 Å². The summed E-state index contributed by atoms with van der Waals surface area (Å²) in [6, 6.07) is 6.68. The highest BCUT2D eigenvalue weighted by atomic mass is 32.2. The van der Waals surface area contributed by atoms with Crippen molar-refractivity contribution >= 4 is 16.0 Å². The summed E-state index contributed by atoms with van der Waals surface area (Å²) in [6.07, 6.45) is 0.994. The number of aliphatic hydroxyl groups is 1. The monoisotopic (exact) mass is 327 g/mol. The zero-order valence-corrected chi connectivity index (χ0v) is 13.3. The van der Waals surface area contributed by atoms with E-state index in [0.717, 1.165) is 22.7 Å². The van der Waals surface area contributed by atoms with E-state index in [-0.39, 0.29) is 24.4 Å². The molecule has 1 aliphatic heterocycles. The van der Waals surface area contributed by atoms with E-state index in [1.54, 1.807) is 24.3 Å². The van der Waals surface area contributed by atoms with Crippen LogP contribution >= 0.6 is 0 Å². The van der Waals surface area contributed by atoms with Gasteiger partial charge in [-0.3, -0.25) is 4.79 Å². The molecule has 1 fully saturated rings. The number of carboxylic acid groups (broad SMARTS) is 1. The molecular weight excluding hydrogens is 306 g/mol. The third-order valence-electron chi connectivity index (χ3n) is 3.96. The molecule has 0 aromatic heterocycles. The maximum absolute atomic E-state index is 12.6. The second-order valence-electron chi connectivity index (χ2n) is 5.56. The Morgan fingerprint density at radius 1 is 1.32 bits per heavy atom. The van der Waals surface area contributed by atoms with Crippen LogP contribution in [0.1, 0.15) is 25.3 Å². The van der Waals surface area contributed by atoms with E-state index >= 15 is 0 Å². The second kappa shape index (κ2) is 6.76. The molecule has 0 saturated carbocycles. The Balaban J connectivity index is 2.20. The van der Waals surface area contributed by atoms with E-state index in [9.17, 15) is 18.3 Å². The Bertz CT molecular complexity index is 626. The van der Waals surface area contributed by atoms with Gasteiger partial charge in [-0.1, -0.05) is 25.5 Å². The predicted octanol–water partition coefficient (Wildman–Crippen LogP) is 1.10. The van der Waals surface area contributed by atoms with E-state index in [1.165, 1.54) is 0 Å². The average molecular weight is 327 g/mol. The fourth-order valence-electron chi connectivity index (χ4n) is 2.64. The predicted molar refractivity (Wildman–Crippen MR) is 80.9 cm³/mol. The summed E-state index contributed by atoms with van der Waals surface area (Å²) in [5, 5.41) is 18.8. The van der Waals surface area contributed by atoms with Gasteiger partial charge in [0.05, 0.1) is 16.9 Å². The average Bonchev–Trinajstić information content (AvgIpc) is 2.48. The SMILES string of the molecule is CCCc1ccc(S(=O)(=O)N2CC[C@H](O)[C@@H](C(=O)O)C2)cc1. The molecule has 122 valence electrons. The molecule has 1 saturated heterocycles. The first-order valence-corrected chi connectivity index (χ1v) is 8.80. The molecular formula is C15H21NO5S. The maximum atomic E-state index is 12.6. The summed E-state index contributed by atoms with van der Waals surface area (Å²) in [4.78, 5) is 11.3. The van der Waals surface area contributed by atoms with Crippen molar-refractivity contribution in [3.63, 3.8) is 0 Å². The number of sulfonamides is 1. The van der Waals surface area contributed by atoms with E-state index in [4.69, 9.17) is 5.11 Å². The molecule has 1 aromatic carbocycles. The molecule has 1 heterocycles. The Morgan fingerprint density at radius 2 is 1.95 bits per heavy atom. The van der Waals surface area contributed by atoms with Gasteiger partial charge < -0.3 is 10.2 Å². The van der Waals surface area contributed by atoms with Crippen molar-refractivity contribution in [3.05, 3.63) is 29.8 Å². The van der Waals surface area contributed by atoms with Gasteiger partial charge in [-0.25, -0.2) is 8.42 Å². The molecule has 0 amide bonds. The van der Waals surface area contributed by atoms with Crippen LogP contribution in [0.15, 0.2) is 29.2 Å². The fraction of sp³-hybridized carbons (Fsp3) is 0.533. The zero-order chi connectivity index (χ0) is 16.3. The lowest BCUT2D eigenvalue weighted by atomic mass is 9.96. The van der Waals surface area contributed by atoms with E-state index in [1.807, 2.05) is 0 Å². The van der Waals surface area contributed by atoms with Gasteiger partial charge in [0.15, 0.2) is 0 Å². The van der Waals surface area contributed by atoms with Crippen LogP contribution < -0.4 is 0 Å². The van der Waals surface area contributed by atoms with Crippen LogP contribution in [0.4, 0.5) is 0 Å². The fourth-order valence-corrected chi connectivity index (χ4v) is 4.12. The van der Waals surface area contributed by atoms with Gasteiger partial charge in [-0.05, 0) is 30.5 Å². The Kier molecular flexibility index (Phi) is 5.20. The standard InChI is InChI=1S/C15H21NO5S/c1-2-3-11-4-6-12(7-5-11)22(20,21)16-9-8-14(17)13(10-16)15(18)19/h4-7,13-14,17H,2-3,8-10H2,1H3,(H,18,19)/t13-,14-/m0/s1. The number of piperidine rings is 1. The number of hydrogen-bond acceptors (Lipinski definition) is 4. The lowest BCUT2D eigenvalue weighted by molar-refractivity contribution is -0.147. The summed E-state index contributed by atoms with van der Waals surface area (Å²) in [5.74, 6) is -2.26. The van der Waals surface area contributed by atoms with Crippen molar-refractivity contribution in [2.75, 3.05) is 13.1 Å². The number of nitrogens with zero attached hydrogens (tertiary/aromatic N) is 1. The topological polar surface area (TPSA) is 94.9 Å². The van der Waals surface area contributed by atoms with Crippen LogP contribution in [0, 0.1) is 5.92 Å². The van der Waals surface area contributed by atoms with Gasteiger partial charge in [-0.15, -0.1) is 0 Å². The minimum absolute atomic E-state index is 0.129. The molecule has 22 heavy (non-hydrogen) atoms. The van der Waals surface area contributed by atoms with Gasteiger partial charge in [0.25, 0.3) is 0 Å². The Morgan fingerprint density at radius 3 is 2.50 bits per heavy atom. The van der Waals surface area contributed by atoms with Crippen molar-refractivity contribution in [1.82, 2.24) is 4.31 Å². The number of hydrogen-bond donors (Lipinski definition) is 2. The molecule has 0 radical (unpaired) electrons. The zero-order valence-electron chi connectivity index (χ0n) is 12.5. The van der Waals surface area contributed by atoms with Crippen LogP contribution in [-0.4, -0.2) is 48.1 Å². The highest BCUT2D eigenvalue weighted by molar-refractivity contribution is 7.89. The Hall–Kier alpha value is -1.44. The van der Waals surface area contributed by atoms with Crippen LogP contribution in [0.5, 0.6) is 0 Å². The Labute approximate surface area is 130 Å². The first-order valence-electron chi connectivity index (χ1n) is 7.36. The van der Waals surface area contributed by atoms with Crippen LogP contribution in [-0.2, 0) is 21.2 Å². The van der Waals surface area contributed by atoms with Crippen molar-refractivity contribution in [2.24, 2.45) is 5.92 Å². The summed E-state index contributed by atoms with van der Waals surface area (Å²) in [6.45, 7) is 1.98. The van der Waals surface area contributed by atoms with Gasteiger partial charge in [0, 0.05) is 13.1 Å². The number of carbonyl (C=O) groups is 1. The first-order chi connectivity index (χ1) is 10.4. The summed E-state index contributed by atoms with van der Waals surface area (Å²) >= 11 is 0. The number of carboxylic acids is 1. The quantitative estimate of drug-likeness (QED) is 0.844. The van der Waals surface area contributed by atoms with Gasteiger partial charge in [0.2, 0.25) is 10.0 Å². The van der Waals surface area contributed by atoms with Gasteiger partial charge >= 0.3 is 5.97 Å². The molecule has 2 atom stereocenters. The summed E-state index contributed by atoms with van der Waals surface area (Å²) in [7, 11) is -3.72. The van der Waals surface area contributed by atoms with Gasteiger partial charge in [0.1, 0.15) is 0 Å². The number of benzene rings is 1. The molecule has 6 nitrogen and oxygen atoms in total. The summed E-state index contributed by atoms with van der Waals surface area (Å²) in [5.41, 5.74) is 1.07. The molecule has 7 heteroatoms. The van der Waals surface area contributed by atoms with E-state index in [2.05, 4.69) is 6.92 Å². The third kappa shape index (κ3) is 3.48.